The van der Waals surface area contributed by atoms with Crippen molar-refractivity contribution in [3.8, 4) is 0 Å². The number of likely N-dealkylation sites (tertiary alicyclic amines) is 1. The van der Waals surface area contributed by atoms with Crippen LogP contribution in [0.4, 0.5) is 0 Å². The van der Waals surface area contributed by atoms with Crippen molar-refractivity contribution in [1.82, 2.24) is 4.90 Å². The number of carbonyl (C=O) groups is 1. The summed E-state index contributed by atoms with van der Waals surface area (Å²) in [4.78, 5) is 15.7. The summed E-state index contributed by atoms with van der Waals surface area (Å²) in [5.74, 6) is 2.14. The number of hydrogen-bond acceptors (Lipinski definition) is 2. The molecule has 3 fully saturated rings. The number of aliphatic hydroxyl groups excluding tert-OH is 1. The van der Waals surface area contributed by atoms with Crippen LogP contribution in [0.15, 0.2) is 30.3 Å². The zero-order valence-corrected chi connectivity index (χ0v) is 14.5. The molecular weight excluding hydrogens is 298 g/mol. The molecule has 1 aromatic rings. The van der Waals surface area contributed by atoms with E-state index in [1.165, 1.54) is 24.8 Å². The predicted molar refractivity (Wildman–Crippen MR) is 94.4 cm³/mol. The van der Waals surface area contributed by atoms with Crippen molar-refractivity contribution >= 4 is 5.91 Å². The van der Waals surface area contributed by atoms with E-state index >= 15 is 0 Å². The molecule has 1 saturated heterocycles. The predicted octanol–water partition coefficient (Wildman–Crippen LogP) is 3.27. The first-order valence-corrected chi connectivity index (χ1v) is 9.65. The van der Waals surface area contributed by atoms with E-state index in [0.29, 0.717) is 17.7 Å². The van der Waals surface area contributed by atoms with Crippen LogP contribution in [0.2, 0.25) is 0 Å². The Morgan fingerprint density at radius 2 is 1.88 bits per heavy atom. The van der Waals surface area contributed by atoms with E-state index in [0.717, 1.165) is 44.7 Å². The van der Waals surface area contributed by atoms with Crippen molar-refractivity contribution in [1.29, 1.82) is 0 Å². The standard InChI is InChI=1S/C21H29NO2/c23-15-17-8-10-22(11-9-17)20(24)21(13-16-4-2-1-3-5-16)14-18-6-7-19(21)12-18/h1-5,17-19,23H,6-15H2/t18-,19-,21+/m0/s1. The van der Waals surface area contributed by atoms with Gasteiger partial charge in [0.05, 0.1) is 5.41 Å². The van der Waals surface area contributed by atoms with E-state index in [-0.39, 0.29) is 12.0 Å². The first-order valence-electron chi connectivity index (χ1n) is 9.65. The van der Waals surface area contributed by atoms with Gasteiger partial charge in [-0.05, 0) is 61.8 Å². The highest BCUT2D eigenvalue weighted by Crippen LogP contribution is 2.58. The molecule has 1 heterocycles. The Morgan fingerprint density at radius 1 is 1.12 bits per heavy atom. The number of carbonyl (C=O) groups excluding carboxylic acids is 1. The third-order valence-corrected chi connectivity index (χ3v) is 6.92. The Balaban J connectivity index is 1.56. The van der Waals surface area contributed by atoms with E-state index < -0.39 is 0 Å². The topological polar surface area (TPSA) is 40.5 Å². The van der Waals surface area contributed by atoms with Gasteiger partial charge in [-0.15, -0.1) is 0 Å². The van der Waals surface area contributed by atoms with E-state index in [4.69, 9.17) is 0 Å². The van der Waals surface area contributed by atoms with Crippen LogP contribution in [0.1, 0.15) is 44.1 Å². The second-order valence-electron chi connectivity index (χ2n) is 8.32. The van der Waals surface area contributed by atoms with E-state index in [2.05, 4.69) is 35.2 Å². The molecular formula is C21H29NO2. The smallest absolute Gasteiger partial charge is 0.229 e. The number of amides is 1. The molecule has 3 aliphatic rings. The van der Waals surface area contributed by atoms with Gasteiger partial charge in [-0.1, -0.05) is 36.8 Å². The van der Waals surface area contributed by atoms with Crippen LogP contribution in [0, 0.1) is 23.2 Å². The summed E-state index contributed by atoms with van der Waals surface area (Å²) in [6.45, 7) is 1.93. The van der Waals surface area contributed by atoms with E-state index in [9.17, 15) is 9.90 Å². The van der Waals surface area contributed by atoms with Crippen molar-refractivity contribution in [2.45, 2.75) is 44.9 Å². The molecule has 4 rings (SSSR count). The summed E-state index contributed by atoms with van der Waals surface area (Å²) in [5, 5.41) is 9.36. The lowest BCUT2D eigenvalue weighted by Crippen LogP contribution is -2.50. The van der Waals surface area contributed by atoms with Crippen LogP contribution < -0.4 is 0 Å². The largest absolute Gasteiger partial charge is 0.396 e. The van der Waals surface area contributed by atoms with Gasteiger partial charge in [0.1, 0.15) is 0 Å². The van der Waals surface area contributed by atoms with Crippen molar-refractivity contribution in [2.75, 3.05) is 19.7 Å². The minimum absolute atomic E-state index is 0.156. The molecule has 3 heteroatoms. The monoisotopic (exact) mass is 327 g/mol. The van der Waals surface area contributed by atoms with Crippen molar-refractivity contribution in [2.24, 2.45) is 23.2 Å². The lowest BCUT2D eigenvalue weighted by molar-refractivity contribution is -0.147. The highest BCUT2D eigenvalue weighted by molar-refractivity contribution is 5.84. The Labute approximate surface area is 145 Å². The first kappa shape index (κ1) is 16.1. The van der Waals surface area contributed by atoms with Gasteiger partial charge >= 0.3 is 0 Å². The highest BCUT2D eigenvalue weighted by atomic mass is 16.3. The first-order chi connectivity index (χ1) is 11.7. The maximum Gasteiger partial charge on any atom is 0.229 e. The second kappa shape index (κ2) is 6.51. The Bertz CT molecular complexity index is 579. The summed E-state index contributed by atoms with van der Waals surface area (Å²) in [7, 11) is 0. The molecule has 2 saturated carbocycles. The quantitative estimate of drug-likeness (QED) is 0.922. The molecule has 0 aromatic heterocycles. The minimum atomic E-state index is -0.156. The lowest BCUT2D eigenvalue weighted by Gasteiger charge is -2.42. The molecule has 2 aliphatic carbocycles. The van der Waals surface area contributed by atoms with Crippen LogP contribution >= 0.6 is 0 Å². The summed E-state index contributed by atoms with van der Waals surface area (Å²) < 4.78 is 0. The van der Waals surface area contributed by atoms with Gasteiger partial charge in [0.15, 0.2) is 0 Å². The van der Waals surface area contributed by atoms with Gasteiger partial charge in [0, 0.05) is 19.7 Å². The fourth-order valence-corrected chi connectivity index (χ4v) is 5.59. The van der Waals surface area contributed by atoms with Gasteiger partial charge < -0.3 is 10.0 Å². The fourth-order valence-electron chi connectivity index (χ4n) is 5.59. The Morgan fingerprint density at radius 3 is 2.46 bits per heavy atom. The van der Waals surface area contributed by atoms with E-state index in [1.54, 1.807) is 0 Å². The third-order valence-electron chi connectivity index (χ3n) is 6.92. The van der Waals surface area contributed by atoms with Gasteiger partial charge in [-0.2, -0.15) is 0 Å². The molecule has 1 aliphatic heterocycles. The SMILES string of the molecule is O=C(N1CCC(CO)CC1)[C@]1(Cc2ccccc2)C[C@H]2CC[C@H]1C2. The molecule has 0 radical (unpaired) electrons. The van der Waals surface area contributed by atoms with Crippen LogP contribution in [0.5, 0.6) is 0 Å². The molecule has 24 heavy (non-hydrogen) atoms. The number of nitrogens with zero attached hydrogens (tertiary/aromatic N) is 1. The summed E-state index contributed by atoms with van der Waals surface area (Å²) in [6.07, 6.45) is 7.72. The normalized spacial score (nSPS) is 33.1. The minimum Gasteiger partial charge on any atom is -0.396 e. The highest BCUT2D eigenvalue weighted by Gasteiger charge is 2.56. The molecule has 1 N–H and O–H groups in total. The molecule has 1 aromatic carbocycles. The summed E-state index contributed by atoms with van der Waals surface area (Å²) in [6, 6.07) is 10.6. The summed E-state index contributed by atoms with van der Waals surface area (Å²) >= 11 is 0. The maximum absolute atomic E-state index is 13.6. The molecule has 3 atom stereocenters. The number of hydrogen-bond donors (Lipinski definition) is 1. The lowest BCUT2D eigenvalue weighted by atomic mass is 9.68. The zero-order chi connectivity index (χ0) is 16.6. The van der Waals surface area contributed by atoms with Crippen molar-refractivity contribution in [3.63, 3.8) is 0 Å². The maximum atomic E-state index is 13.6. The molecule has 1 amide bonds. The molecule has 0 unspecified atom stereocenters. The van der Waals surface area contributed by atoms with Gasteiger partial charge in [0.2, 0.25) is 5.91 Å². The molecule has 2 bridgehead atoms. The molecule has 0 spiro atoms. The van der Waals surface area contributed by atoms with Crippen molar-refractivity contribution < 1.29 is 9.90 Å². The van der Waals surface area contributed by atoms with Gasteiger partial charge in [0.25, 0.3) is 0 Å². The van der Waals surface area contributed by atoms with Crippen LogP contribution in [-0.2, 0) is 11.2 Å². The van der Waals surface area contributed by atoms with Gasteiger partial charge in [-0.3, -0.25) is 4.79 Å². The van der Waals surface area contributed by atoms with Crippen LogP contribution in [0.3, 0.4) is 0 Å². The average molecular weight is 327 g/mol. The fraction of sp³-hybridized carbons (Fsp3) is 0.667. The third kappa shape index (κ3) is 2.77. The van der Waals surface area contributed by atoms with E-state index in [1.807, 2.05) is 0 Å². The number of benzene rings is 1. The van der Waals surface area contributed by atoms with Crippen LogP contribution in [0.25, 0.3) is 0 Å². The van der Waals surface area contributed by atoms with Crippen LogP contribution in [-0.4, -0.2) is 35.6 Å². The number of fused-ring (bicyclic) bond motifs is 2. The molecule has 130 valence electrons. The molecule has 3 nitrogen and oxygen atoms in total. The Hall–Kier alpha value is -1.35. The second-order valence-corrected chi connectivity index (χ2v) is 8.32. The number of rotatable bonds is 4. The Kier molecular flexibility index (Phi) is 4.38. The average Bonchev–Trinajstić information content (AvgIpc) is 3.24. The zero-order valence-electron chi connectivity index (χ0n) is 14.5. The summed E-state index contributed by atoms with van der Waals surface area (Å²) in [5.41, 5.74) is 1.15. The van der Waals surface area contributed by atoms with Gasteiger partial charge in [-0.25, -0.2) is 0 Å². The number of piperidine rings is 1. The van der Waals surface area contributed by atoms with Crippen molar-refractivity contribution in [3.05, 3.63) is 35.9 Å². The number of aliphatic hydroxyl groups is 1.